The molecule has 4 nitrogen and oxygen atoms in total. The lowest BCUT2D eigenvalue weighted by atomic mass is 10.1. The van der Waals surface area contributed by atoms with E-state index >= 15 is 0 Å². The molecule has 1 N–H and O–H groups in total. The summed E-state index contributed by atoms with van der Waals surface area (Å²) in [5.41, 5.74) is 6.87. The summed E-state index contributed by atoms with van der Waals surface area (Å²) in [5.74, 6) is 0. The maximum absolute atomic E-state index is 4.32. The molecule has 4 heteroatoms. The van der Waals surface area contributed by atoms with Gasteiger partial charge in [0.15, 0.2) is 0 Å². The summed E-state index contributed by atoms with van der Waals surface area (Å²) in [7, 11) is 0. The van der Waals surface area contributed by atoms with E-state index in [1.54, 1.807) is 0 Å². The first-order valence-corrected chi connectivity index (χ1v) is 8.72. The Labute approximate surface area is 148 Å². The Kier molecular flexibility index (Phi) is 4.44. The number of hydrogen-bond donors (Lipinski definition) is 1. The summed E-state index contributed by atoms with van der Waals surface area (Å²) >= 11 is 0. The molecule has 1 aromatic heterocycles. The third-order valence-corrected chi connectivity index (χ3v) is 4.59. The maximum Gasteiger partial charge on any atom is 0.0929 e. The van der Waals surface area contributed by atoms with Gasteiger partial charge in [-0.3, -0.25) is 4.90 Å². The third-order valence-electron chi connectivity index (χ3n) is 4.59. The monoisotopic (exact) mass is 330 g/mol. The number of hydrogen-bond acceptors (Lipinski definition) is 4. The fourth-order valence-electron chi connectivity index (χ4n) is 3.25. The van der Waals surface area contributed by atoms with E-state index in [-0.39, 0.29) is 0 Å². The molecular formula is C21H22N4. The van der Waals surface area contributed by atoms with Gasteiger partial charge in [0, 0.05) is 37.4 Å². The van der Waals surface area contributed by atoms with E-state index in [9.17, 15) is 0 Å². The van der Waals surface area contributed by atoms with E-state index in [2.05, 4.69) is 68.9 Å². The number of aryl methyl sites for hydroxylation is 1. The van der Waals surface area contributed by atoms with Gasteiger partial charge in [-0.1, -0.05) is 36.4 Å². The summed E-state index contributed by atoms with van der Waals surface area (Å²) in [4.78, 5) is 2.48. The van der Waals surface area contributed by atoms with Crippen LogP contribution in [0.1, 0.15) is 16.8 Å². The van der Waals surface area contributed by atoms with Gasteiger partial charge < -0.3 is 5.32 Å². The Morgan fingerprint density at radius 3 is 2.68 bits per heavy atom. The molecule has 2 heterocycles. The summed E-state index contributed by atoms with van der Waals surface area (Å²) in [5, 5.41) is 12.1. The number of benzene rings is 2. The zero-order chi connectivity index (χ0) is 17.1. The smallest absolute Gasteiger partial charge is 0.0929 e. The Balaban J connectivity index is 1.59. The lowest BCUT2D eigenvalue weighted by Crippen LogP contribution is -2.25. The van der Waals surface area contributed by atoms with Crippen molar-refractivity contribution in [3.8, 4) is 11.3 Å². The van der Waals surface area contributed by atoms with Gasteiger partial charge >= 0.3 is 0 Å². The van der Waals surface area contributed by atoms with Crippen LogP contribution in [0.15, 0.2) is 60.7 Å². The Bertz CT molecular complexity index is 844. The molecule has 4 rings (SSSR count). The van der Waals surface area contributed by atoms with Crippen LogP contribution >= 0.6 is 0 Å². The van der Waals surface area contributed by atoms with Gasteiger partial charge in [-0.25, -0.2) is 0 Å². The molecule has 0 radical (unpaired) electrons. The van der Waals surface area contributed by atoms with E-state index in [0.717, 1.165) is 43.1 Å². The number of nitrogens with zero attached hydrogens (tertiary/aromatic N) is 3. The van der Waals surface area contributed by atoms with Gasteiger partial charge in [0.05, 0.1) is 11.4 Å². The average molecular weight is 330 g/mol. The summed E-state index contributed by atoms with van der Waals surface area (Å²) < 4.78 is 0. The van der Waals surface area contributed by atoms with Crippen LogP contribution in [0.5, 0.6) is 0 Å². The number of anilines is 1. The van der Waals surface area contributed by atoms with Gasteiger partial charge in [-0.2, -0.15) is 10.2 Å². The van der Waals surface area contributed by atoms with Gasteiger partial charge in [-0.15, -0.1) is 0 Å². The van der Waals surface area contributed by atoms with Gasteiger partial charge in [-0.05, 0) is 42.3 Å². The van der Waals surface area contributed by atoms with Crippen LogP contribution in [-0.4, -0.2) is 28.2 Å². The maximum atomic E-state index is 4.32. The van der Waals surface area contributed by atoms with E-state index in [1.165, 1.54) is 16.8 Å². The fourth-order valence-corrected chi connectivity index (χ4v) is 3.25. The predicted octanol–water partition coefficient (Wildman–Crippen LogP) is 3.88. The van der Waals surface area contributed by atoms with Gasteiger partial charge in [0.1, 0.15) is 0 Å². The molecule has 0 spiro atoms. The van der Waals surface area contributed by atoms with Crippen molar-refractivity contribution in [1.82, 2.24) is 15.1 Å². The zero-order valence-corrected chi connectivity index (χ0v) is 14.4. The quantitative estimate of drug-likeness (QED) is 0.791. The highest BCUT2D eigenvalue weighted by Gasteiger charge is 2.15. The Hall–Kier alpha value is -2.72. The van der Waals surface area contributed by atoms with Crippen molar-refractivity contribution in [2.45, 2.75) is 20.0 Å². The second kappa shape index (κ2) is 7.03. The van der Waals surface area contributed by atoms with Crippen LogP contribution in [0.3, 0.4) is 0 Å². The van der Waals surface area contributed by atoms with Crippen molar-refractivity contribution in [2.75, 3.05) is 18.4 Å². The van der Waals surface area contributed by atoms with Crippen LogP contribution in [-0.2, 0) is 13.1 Å². The molecule has 0 amide bonds. The minimum atomic E-state index is 0.923. The van der Waals surface area contributed by atoms with Gasteiger partial charge in [0.2, 0.25) is 0 Å². The van der Waals surface area contributed by atoms with Crippen LogP contribution in [0.25, 0.3) is 11.3 Å². The SMILES string of the molecule is Cc1ccc(-c2ccc3c(c2)CN(Cc2ccccc2)CCN3)nn1. The van der Waals surface area contributed by atoms with Crippen molar-refractivity contribution in [3.05, 3.63) is 77.5 Å². The van der Waals surface area contributed by atoms with Crippen molar-refractivity contribution >= 4 is 5.69 Å². The Morgan fingerprint density at radius 2 is 1.88 bits per heavy atom. The van der Waals surface area contributed by atoms with Crippen molar-refractivity contribution in [3.63, 3.8) is 0 Å². The average Bonchev–Trinajstić information content (AvgIpc) is 2.84. The molecule has 2 aromatic carbocycles. The summed E-state index contributed by atoms with van der Waals surface area (Å²) in [6, 6.07) is 21.2. The first kappa shape index (κ1) is 15.8. The van der Waals surface area contributed by atoms with Crippen LogP contribution in [0, 0.1) is 6.92 Å². The highest BCUT2D eigenvalue weighted by molar-refractivity contribution is 5.66. The van der Waals surface area contributed by atoms with Crippen molar-refractivity contribution < 1.29 is 0 Å². The summed E-state index contributed by atoms with van der Waals surface area (Å²) in [6.07, 6.45) is 0. The van der Waals surface area contributed by atoms with E-state index in [1.807, 2.05) is 19.1 Å². The molecule has 1 aliphatic rings. The number of aromatic nitrogens is 2. The van der Waals surface area contributed by atoms with Crippen LogP contribution < -0.4 is 5.32 Å². The first-order chi connectivity index (χ1) is 12.3. The third kappa shape index (κ3) is 3.69. The van der Waals surface area contributed by atoms with E-state index < -0.39 is 0 Å². The highest BCUT2D eigenvalue weighted by Crippen LogP contribution is 2.27. The number of rotatable bonds is 3. The molecule has 0 fully saturated rings. The summed E-state index contributed by atoms with van der Waals surface area (Å²) in [6.45, 7) is 5.85. The molecular weight excluding hydrogens is 308 g/mol. The highest BCUT2D eigenvalue weighted by atomic mass is 15.2. The molecule has 0 saturated heterocycles. The minimum absolute atomic E-state index is 0.923. The molecule has 3 aromatic rings. The lowest BCUT2D eigenvalue weighted by molar-refractivity contribution is 0.272. The molecule has 0 unspecified atom stereocenters. The van der Waals surface area contributed by atoms with Crippen LogP contribution in [0.2, 0.25) is 0 Å². The second-order valence-corrected chi connectivity index (χ2v) is 6.55. The standard InChI is InChI=1S/C21H22N4/c1-16-7-9-21(24-23-16)18-8-10-20-19(13-18)15-25(12-11-22-20)14-17-5-3-2-4-6-17/h2-10,13,22H,11-12,14-15H2,1H3. The molecule has 0 atom stereocenters. The molecule has 1 aliphatic heterocycles. The topological polar surface area (TPSA) is 41.0 Å². The molecule has 126 valence electrons. The molecule has 0 aliphatic carbocycles. The van der Waals surface area contributed by atoms with Crippen molar-refractivity contribution in [1.29, 1.82) is 0 Å². The lowest BCUT2D eigenvalue weighted by Gasteiger charge is -2.20. The second-order valence-electron chi connectivity index (χ2n) is 6.55. The van der Waals surface area contributed by atoms with E-state index in [4.69, 9.17) is 0 Å². The normalized spacial score (nSPS) is 14.4. The number of nitrogens with one attached hydrogen (secondary N) is 1. The molecule has 25 heavy (non-hydrogen) atoms. The number of fused-ring (bicyclic) bond motifs is 1. The van der Waals surface area contributed by atoms with Crippen LogP contribution in [0.4, 0.5) is 5.69 Å². The minimum Gasteiger partial charge on any atom is -0.383 e. The zero-order valence-electron chi connectivity index (χ0n) is 14.4. The first-order valence-electron chi connectivity index (χ1n) is 8.72. The molecule has 0 saturated carbocycles. The fraction of sp³-hybridized carbons (Fsp3) is 0.238. The van der Waals surface area contributed by atoms with E-state index in [0.29, 0.717) is 0 Å². The Morgan fingerprint density at radius 1 is 1.00 bits per heavy atom. The largest absolute Gasteiger partial charge is 0.383 e. The van der Waals surface area contributed by atoms with Crippen molar-refractivity contribution in [2.24, 2.45) is 0 Å². The predicted molar refractivity (Wildman–Crippen MR) is 101 cm³/mol. The van der Waals surface area contributed by atoms with Gasteiger partial charge in [0.25, 0.3) is 0 Å². The molecule has 0 bridgehead atoms.